The fourth-order valence-electron chi connectivity index (χ4n) is 11.1. The Morgan fingerprint density at radius 3 is 1.01 bits per heavy atom. The molecular weight excluding hydrogens is 921 g/mol. The topological polar surface area (TPSA) is 51.6 Å². The van der Waals surface area contributed by atoms with Crippen molar-refractivity contribution < 1.29 is 0 Å². The molecule has 76 heavy (non-hydrogen) atoms. The van der Waals surface area contributed by atoms with Gasteiger partial charge in [-0.1, -0.05) is 261 Å². The van der Waals surface area contributed by atoms with Crippen molar-refractivity contribution in [3.8, 4) is 101 Å². The Kier molecular flexibility index (Phi) is 11.2. The zero-order valence-corrected chi connectivity index (χ0v) is 41.3. The lowest BCUT2D eigenvalue weighted by Gasteiger charge is -2.18. The first-order valence-corrected chi connectivity index (χ1v) is 25.8. The zero-order chi connectivity index (χ0) is 50.4. The molecule has 4 heteroatoms. The average molecular weight is 967 g/mol. The second-order valence-electron chi connectivity index (χ2n) is 19.3. The predicted octanol–water partition coefficient (Wildman–Crippen LogP) is 18.9. The number of aromatic nitrogens is 4. The second kappa shape index (κ2) is 19.0. The first-order chi connectivity index (χ1) is 37.7. The Morgan fingerprint density at radius 2 is 0.526 bits per heavy atom. The van der Waals surface area contributed by atoms with Crippen LogP contribution in [0.15, 0.2) is 279 Å². The lowest BCUT2D eigenvalue weighted by Crippen LogP contribution is -1.98. The third kappa shape index (κ3) is 8.06. The van der Waals surface area contributed by atoms with Crippen molar-refractivity contribution in [2.75, 3.05) is 0 Å². The minimum absolute atomic E-state index is 0.682. The molecule has 2 aromatic heterocycles. The highest BCUT2D eigenvalue weighted by Gasteiger charge is 2.21. The van der Waals surface area contributed by atoms with Gasteiger partial charge in [0.25, 0.3) is 0 Å². The molecule has 0 aliphatic heterocycles. The summed E-state index contributed by atoms with van der Waals surface area (Å²) >= 11 is 0. The average Bonchev–Trinajstić information content (AvgIpc) is 3.61. The number of nitrogens with zero attached hydrogens (tertiary/aromatic N) is 4. The van der Waals surface area contributed by atoms with E-state index in [0.717, 1.165) is 94.2 Å². The summed E-state index contributed by atoms with van der Waals surface area (Å²) in [6, 6.07) is 98.8. The van der Waals surface area contributed by atoms with Gasteiger partial charge in [0, 0.05) is 33.4 Å². The van der Waals surface area contributed by atoms with E-state index in [9.17, 15) is 0 Å². The van der Waals surface area contributed by atoms with E-state index in [0.29, 0.717) is 11.6 Å². The van der Waals surface area contributed by atoms with Crippen LogP contribution in [0.5, 0.6) is 0 Å². The molecule has 14 rings (SSSR count). The van der Waals surface area contributed by atoms with E-state index in [-0.39, 0.29) is 0 Å². The first-order valence-electron chi connectivity index (χ1n) is 25.8. The summed E-state index contributed by atoms with van der Waals surface area (Å²) in [7, 11) is 0. The van der Waals surface area contributed by atoms with Crippen molar-refractivity contribution >= 4 is 43.1 Å². The number of hydrogen-bond acceptors (Lipinski definition) is 4. The first kappa shape index (κ1) is 44.5. The summed E-state index contributed by atoms with van der Waals surface area (Å²) in [6.07, 6.45) is 0. The molecule has 354 valence electrons. The van der Waals surface area contributed by atoms with Gasteiger partial charge in [-0.05, 0) is 94.7 Å². The zero-order valence-electron chi connectivity index (χ0n) is 41.3. The molecule has 0 fully saturated rings. The van der Waals surface area contributed by atoms with E-state index in [4.69, 9.17) is 19.9 Å². The highest BCUT2D eigenvalue weighted by atomic mass is 14.9. The minimum Gasteiger partial charge on any atom is -0.228 e. The molecule has 0 aliphatic carbocycles. The summed E-state index contributed by atoms with van der Waals surface area (Å²) in [5, 5.41) is 9.32. The van der Waals surface area contributed by atoms with Gasteiger partial charge in [-0.25, -0.2) is 19.9 Å². The third-order valence-corrected chi connectivity index (χ3v) is 14.7. The van der Waals surface area contributed by atoms with Crippen molar-refractivity contribution in [1.82, 2.24) is 19.9 Å². The van der Waals surface area contributed by atoms with Crippen LogP contribution >= 0.6 is 0 Å². The standard InChI is InChI=1S/C72H46N4/c1-5-20-49(21-6-1)56-34-19-35-62-63(56)44-55-28-13-14-29-57(55)69(62)66-45-64(73-71(75-66)53-24-9-3-10-25-53)50-40-36-47(37-41-50)48-38-42-51(43-39-48)65-46-67(76-72(74-65)54-26-11-4-12-27-54)70-60-32-17-15-30-58(60)68(52-22-7-2-8-23-52)59-31-16-18-33-61(59)70/h1-46H. The summed E-state index contributed by atoms with van der Waals surface area (Å²) in [5.41, 5.74) is 16.6. The lowest BCUT2D eigenvalue weighted by atomic mass is 9.87. The predicted molar refractivity (Wildman–Crippen MR) is 317 cm³/mol. The fourth-order valence-corrected chi connectivity index (χ4v) is 11.1. The van der Waals surface area contributed by atoms with Gasteiger partial charge in [0.1, 0.15) is 0 Å². The van der Waals surface area contributed by atoms with Gasteiger partial charge >= 0.3 is 0 Å². The number of hydrogen-bond donors (Lipinski definition) is 0. The van der Waals surface area contributed by atoms with Gasteiger partial charge in [0.15, 0.2) is 11.6 Å². The normalized spacial score (nSPS) is 11.4. The van der Waals surface area contributed by atoms with Gasteiger partial charge < -0.3 is 0 Å². The van der Waals surface area contributed by atoms with Crippen LogP contribution in [0, 0.1) is 0 Å². The van der Waals surface area contributed by atoms with Crippen LogP contribution in [-0.4, -0.2) is 19.9 Å². The molecule has 0 N–H and O–H groups in total. The van der Waals surface area contributed by atoms with Gasteiger partial charge in [-0.2, -0.15) is 0 Å². The fraction of sp³-hybridized carbons (Fsp3) is 0. The van der Waals surface area contributed by atoms with Crippen molar-refractivity contribution in [3.63, 3.8) is 0 Å². The van der Waals surface area contributed by atoms with E-state index in [2.05, 4.69) is 243 Å². The highest BCUT2D eigenvalue weighted by molar-refractivity contribution is 6.21. The maximum atomic E-state index is 5.37. The van der Waals surface area contributed by atoms with E-state index in [1.54, 1.807) is 0 Å². The molecule has 14 aromatic rings. The summed E-state index contributed by atoms with van der Waals surface area (Å²) < 4.78 is 0. The smallest absolute Gasteiger partial charge is 0.160 e. The van der Waals surface area contributed by atoms with Crippen molar-refractivity contribution in [2.24, 2.45) is 0 Å². The van der Waals surface area contributed by atoms with Crippen LogP contribution in [0.1, 0.15) is 0 Å². The maximum absolute atomic E-state index is 5.37. The number of rotatable bonds is 9. The van der Waals surface area contributed by atoms with E-state index < -0.39 is 0 Å². The van der Waals surface area contributed by atoms with Crippen LogP contribution in [0.3, 0.4) is 0 Å². The highest BCUT2D eigenvalue weighted by Crippen LogP contribution is 2.45. The molecule has 4 nitrogen and oxygen atoms in total. The Morgan fingerprint density at radius 1 is 0.184 bits per heavy atom. The van der Waals surface area contributed by atoms with Crippen molar-refractivity contribution in [3.05, 3.63) is 279 Å². The molecule has 2 heterocycles. The molecule has 0 amide bonds. The summed E-state index contributed by atoms with van der Waals surface area (Å²) in [4.78, 5) is 21.3. The van der Waals surface area contributed by atoms with E-state index >= 15 is 0 Å². The summed E-state index contributed by atoms with van der Waals surface area (Å²) in [6.45, 7) is 0. The van der Waals surface area contributed by atoms with Crippen LogP contribution in [0.4, 0.5) is 0 Å². The van der Waals surface area contributed by atoms with Crippen LogP contribution in [0.2, 0.25) is 0 Å². The van der Waals surface area contributed by atoms with Gasteiger partial charge in [0.05, 0.1) is 22.8 Å². The van der Waals surface area contributed by atoms with E-state index in [1.807, 2.05) is 36.4 Å². The van der Waals surface area contributed by atoms with Crippen LogP contribution < -0.4 is 0 Å². The molecule has 0 bridgehead atoms. The molecule has 0 aliphatic rings. The molecule has 0 unspecified atom stereocenters. The molecule has 0 saturated carbocycles. The molecule has 0 radical (unpaired) electrons. The molecule has 12 aromatic carbocycles. The lowest BCUT2D eigenvalue weighted by molar-refractivity contribution is 1.19. The third-order valence-electron chi connectivity index (χ3n) is 14.7. The number of benzene rings is 12. The molecule has 0 spiro atoms. The van der Waals surface area contributed by atoms with Crippen LogP contribution in [0.25, 0.3) is 144 Å². The largest absolute Gasteiger partial charge is 0.228 e. The number of fused-ring (bicyclic) bond motifs is 4. The van der Waals surface area contributed by atoms with Crippen LogP contribution in [-0.2, 0) is 0 Å². The Labute approximate surface area is 441 Å². The SMILES string of the molecule is c1ccc(-c2nc(-c3ccc(-c4ccc(-c5cc(-c6c7ccccc7c(-c7ccccc7)c7ccccc67)nc(-c6ccccc6)n5)cc4)cc3)cc(-c3c4ccccc4cc4c(-c5ccccc5)cccc34)n2)cc1. The Hall–Kier alpha value is -10.2. The molecule has 0 saturated heterocycles. The summed E-state index contributed by atoms with van der Waals surface area (Å²) in [5.74, 6) is 1.36. The second-order valence-corrected chi connectivity index (χ2v) is 19.3. The van der Waals surface area contributed by atoms with Crippen molar-refractivity contribution in [1.29, 1.82) is 0 Å². The minimum atomic E-state index is 0.682. The van der Waals surface area contributed by atoms with E-state index in [1.165, 1.54) is 38.4 Å². The van der Waals surface area contributed by atoms with Crippen molar-refractivity contribution in [2.45, 2.75) is 0 Å². The van der Waals surface area contributed by atoms with Gasteiger partial charge in [-0.15, -0.1) is 0 Å². The Balaban J connectivity index is 0.856. The maximum Gasteiger partial charge on any atom is 0.160 e. The quantitative estimate of drug-likeness (QED) is 0.135. The van der Waals surface area contributed by atoms with Gasteiger partial charge in [0.2, 0.25) is 0 Å². The molecule has 0 atom stereocenters. The van der Waals surface area contributed by atoms with Gasteiger partial charge in [-0.3, -0.25) is 0 Å². The Bertz CT molecular complexity index is 4250. The molecular formula is C72H46N4. The monoisotopic (exact) mass is 966 g/mol.